The van der Waals surface area contributed by atoms with Crippen LogP contribution in [0.25, 0.3) is 0 Å². The van der Waals surface area contributed by atoms with Crippen LogP contribution in [0.15, 0.2) is 9.98 Å². The highest BCUT2D eigenvalue weighted by atomic mass is 19.1. The Morgan fingerprint density at radius 2 is 2.10 bits per heavy atom. The van der Waals surface area contributed by atoms with E-state index >= 15 is 0 Å². The summed E-state index contributed by atoms with van der Waals surface area (Å²) in [5.41, 5.74) is 0. The van der Waals surface area contributed by atoms with Gasteiger partial charge in [-0.3, -0.25) is 9.38 Å². The number of hydrogen-bond acceptors (Lipinski definition) is 2. The Bertz CT molecular complexity index is 355. The molecule has 21 heavy (non-hydrogen) atoms. The van der Waals surface area contributed by atoms with Gasteiger partial charge in [-0.1, -0.05) is 19.8 Å². The largest absolute Gasteiger partial charge is 0.480 e. The predicted octanol–water partition coefficient (Wildman–Crippen LogP) is 3.47. The lowest BCUT2D eigenvalue weighted by Gasteiger charge is -2.28. The van der Waals surface area contributed by atoms with Crippen molar-refractivity contribution >= 4 is 12.4 Å². The Labute approximate surface area is 127 Å². The molecule has 2 rings (SSSR count). The van der Waals surface area contributed by atoms with Crippen molar-refractivity contribution < 1.29 is 9.13 Å². The molecule has 0 saturated heterocycles. The van der Waals surface area contributed by atoms with Crippen molar-refractivity contribution in [2.45, 2.75) is 70.4 Å². The molecule has 0 aromatic rings. The van der Waals surface area contributed by atoms with Crippen LogP contribution in [0.3, 0.4) is 0 Å². The minimum Gasteiger partial charge on any atom is -0.480 e. The van der Waals surface area contributed by atoms with Gasteiger partial charge in [-0.15, -0.1) is 0 Å². The van der Waals surface area contributed by atoms with E-state index in [-0.39, 0.29) is 6.67 Å². The number of nitrogens with one attached hydrogen (secondary N) is 1. The summed E-state index contributed by atoms with van der Waals surface area (Å²) in [7, 11) is 0. The zero-order chi connectivity index (χ0) is 14.9. The number of rotatable bonds is 6. The molecule has 1 N–H and O–H groups in total. The molecule has 2 aliphatic carbocycles. The number of guanidine groups is 1. The van der Waals surface area contributed by atoms with Gasteiger partial charge in [-0.05, 0) is 44.4 Å². The molecular formula is C16H28FN3O. The van der Waals surface area contributed by atoms with Gasteiger partial charge in [0.1, 0.15) is 0 Å². The van der Waals surface area contributed by atoms with Gasteiger partial charge < -0.3 is 10.1 Å². The molecule has 0 spiro atoms. The summed E-state index contributed by atoms with van der Waals surface area (Å²) in [4.78, 5) is 8.67. The topological polar surface area (TPSA) is 46.0 Å². The van der Waals surface area contributed by atoms with Crippen molar-refractivity contribution in [1.29, 1.82) is 0 Å². The molecule has 2 fully saturated rings. The summed E-state index contributed by atoms with van der Waals surface area (Å²) in [5.74, 6) is 1.35. The lowest BCUT2D eigenvalue weighted by atomic mass is 9.87. The Morgan fingerprint density at radius 3 is 2.76 bits per heavy atom. The fourth-order valence-electron chi connectivity index (χ4n) is 2.79. The first-order chi connectivity index (χ1) is 10.3. The fourth-order valence-corrected chi connectivity index (χ4v) is 2.79. The Balaban J connectivity index is 1.82. The maximum Gasteiger partial charge on any atom is 0.221 e. The van der Waals surface area contributed by atoms with Crippen molar-refractivity contribution in [3.05, 3.63) is 0 Å². The van der Waals surface area contributed by atoms with E-state index in [2.05, 4.69) is 22.2 Å². The van der Waals surface area contributed by atoms with Crippen molar-refractivity contribution in [3.8, 4) is 0 Å². The number of hydrogen-bond donors (Lipinski definition) is 1. The lowest BCUT2D eigenvalue weighted by molar-refractivity contribution is 0.116. The maximum atomic E-state index is 12.2. The van der Waals surface area contributed by atoms with Gasteiger partial charge in [-0.2, -0.15) is 4.99 Å². The summed E-state index contributed by atoms with van der Waals surface area (Å²) in [5, 5.41) is 3.40. The van der Waals surface area contributed by atoms with Crippen LogP contribution >= 0.6 is 0 Å². The average Bonchev–Trinajstić information content (AvgIpc) is 2.41. The monoisotopic (exact) mass is 297 g/mol. The third-order valence-electron chi connectivity index (χ3n) is 4.30. The van der Waals surface area contributed by atoms with Gasteiger partial charge in [-0.25, -0.2) is 0 Å². The van der Waals surface area contributed by atoms with Crippen molar-refractivity contribution in [3.63, 3.8) is 0 Å². The van der Waals surface area contributed by atoms with E-state index in [1.165, 1.54) is 25.7 Å². The van der Waals surface area contributed by atoms with E-state index < -0.39 is 0 Å². The van der Waals surface area contributed by atoms with Crippen molar-refractivity contribution in [2.24, 2.45) is 15.9 Å². The SMILES string of the molecule is C[C@H]1CCC[C@@H](NC(N=COC2CCC2)=NCCCF)C1. The second-order valence-corrected chi connectivity index (χ2v) is 6.28. The summed E-state index contributed by atoms with van der Waals surface area (Å²) in [6.07, 6.45) is 10.6. The average molecular weight is 297 g/mol. The molecule has 2 saturated carbocycles. The summed E-state index contributed by atoms with van der Waals surface area (Å²) < 4.78 is 17.8. The van der Waals surface area contributed by atoms with E-state index in [1.807, 2.05) is 0 Å². The normalized spacial score (nSPS) is 27.6. The van der Waals surface area contributed by atoms with E-state index in [9.17, 15) is 4.39 Å². The first-order valence-electron chi connectivity index (χ1n) is 8.33. The molecule has 0 heterocycles. The van der Waals surface area contributed by atoms with Gasteiger partial charge in [0, 0.05) is 12.6 Å². The van der Waals surface area contributed by atoms with E-state index in [1.54, 1.807) is 0 Å². The smallest absolute Gasteiger partial charge is 0.221 e. The second-order valence-electron chi connectivity index (χ2n) is 6.28. The van der Waals surface area contributed by atoms with Crippen molar-refractivity contribution in [2.75, 3.05) is 13.2 Å². The molecule has 0 unspecified atom stereocenters. The van der Waals surface area contributed by atoms with E-state index in [4.69, 9.17) is 4.74 Å². The molecule has 120 valence electrons. The number of aliphatic imine (C=N–C) groups is 2. The summed E-state index contributed by atoms with van der Waals surface area (Å²) in [6, 6.07) is 0.429. The lowest BCUT2D eigenvalue weighted by Crippen LogP contribution is -2.37. The van der Waals surface area contributed by atoms with Gasteiger partial charge in [0.05, 0.1) is 12.8 Å². The fraction of sp³-hybridized carbons (Fsp3) is 0.875. The molecule has 0 aromatic heterocycles. The minimum absolute atomic E-state index is 0.329. The first-order valence-corrected chi connectivity index (χ1v) is 8.33. The summed E-state index contributed by atoms with van der Waals surface area (Å²) >= 11 is 0. The Kier molecular flexibility index (Phi) is 6.96. The molecule has 2 atom stereocenters. The molecule has 2 aliphatic rings. The molecule has 0 radical (unpaired) electrons. The van der Waals surface area contributed by atoms with Gasteiger partial charge >= 0.3 is 0 Å². The zero-order valence-corrected chi connectivity index (χ0v) is 13.1. The molecule has 4 nitrogen and oxygen atoms in total. The molecule has 0 aliphatic heterocycles. The highest BCUT2D eigenvalue weighted by Gasteiger charge is 2.20. The third kappa shape index (κ3) is 6.02. The van der Waals surface area contributed by atoms with Crippen molar-refractivity contribution in [1.82, 2.24) is 5.32 Å². The summed E-state index contributed by atoms with van der Waals surface area (Å²) in [6.45, 7) is 2.43. The van der Waals surface area contributed by atoms with Gasteiger partial charge in [0.15, 0.2) is 6.40 Å². The molecule has 0 aromatic carbocycles. The van der Waals surface area contributed by atoms with Crippen LogP contribution in [0, 0.1) is 5.92 Å². The standard InChI is InChI=1S/C16H28FN3O/c1-13-5-2-6-14(11-13)20-16(18-10-4-9-17)19-12-21-15-7-3-8-15/h12-15H,2-11H2,1H3,(H,18,20)/t13-,14+/m0/s1. The number of ether oxygens (including phenoxy) is 1. The molecule has 5 heteroatoms. The number of halogens is 1. The van der Waals surface area contributed by atoms with Crippen LogP contribution < -0.4 is 5.32 Å². The minimum atomic E-state index is -0.334. The highest BCUT2D eigenvalue weighted by molar-refractivity contribution is 5.86. The molecule has 0 bridgehead atoms. The van der Waals surface area contributed by atoms with Crippen LogP contribution in [-0.4, -0.2) is 37.7 Å². The van der Waals surface area contributed by atoms with E-state index in [0.717, 1.165) is 31.6 Å². The number of nitrogens with zero attached hydrogens (tertiary/aromatic N) is 2. The zero-order valence-electron chi connectivity index (χ0n) is 13.1. The van der Waals surface area contributed by atoms with Crippen LogP contribution in [0.2, 0.25) is 0 Å². The van der Waals surface area contributed by atoms with E-state index in [0.29, 0.717) is 31.1 Å². The van der Waals surface area contributed by atoms with Crippen LogP contribution in [0.5, 0.6) is 0 Å². The molecular weight excluding hydrogens is 269 g/mol. The van der Waals surface area contributed by atoms with Gasteiger partial charge in [0.2, 0.25) is 5.96 Å². The van der Waals surface area contributed by atoms with Crippen LogP contribution in [-0.2, 0) is 4.74 Å². The third-order valence-corrected chi connectivity index (χ3v) is 4.30. The predicted molar refractivity (Wildman–Crippen MR) is 84.7 cm³/mol. The van der Waals surface area contributed by atoms with Crippen LogP contribution in [0.1, 0.15) is 58.3 Å². The Morgan fingerprint density at radius 1 is 1.29 bits per heavy atom. The maximum absolute atomic E-state index is 12.2. The quantitative estimate of drug-likeness (QED) is 0.463. The van der Waals surface area contributed by atoms with Crippen LogP contribution in [0.4, 0.5) is 4.39 Å². The molecule has 0 amide bonds. The Hall–Kier alpha value is -1.13. The highest BCUT2D eigenvalue weighted by Crippen LogP contribution is 2.23. The number of alkyl halides is 1. The first kappa shape index (κ1) is 16.2. The van der Waals surface area contributed by atoms with Gasteiger partial charge in [0.25, 0.3) is 0 Å². The second kappa shape index (κ2) is 9.00.